The molecule has 0 unspecified atom stereocenters. The molecule has 8 heteroatoms. The van der Waals surface area contributed by atoms with Crippen molar-refractivity contribution in [1.82, 2.24) is 0 Å². The second-order valence-electron chi connectivity index (χ2n) is 6.49. The van der Waals surface area contributed by atoms with Crippen molar-refractivity contribution >= 4 is 17.6 Å². The van der Waals surface area contributed by atoms with Crippen LogP contribution in [0.3, 0.4) is 0 Å². The molecular formula is C23H18F3NO4. The zero-order chi connectivity index (χ0) is 22.4. The zero-order valence-electron chi connectivity index (χ0n) is 16.4. The molecule has 0 aliphatic heterocycles. The van der Waals surface area contributed by atoms with Crippen molar-refractivity contribution in [2.45, 2.75) is 12.9 Å². The third kappa shape index (κ3) is 5.85. The number of esters is 1. The van der Waals surface area contributed by atoms with Gasteiger partial charge in [-0.25, -0.2) is 4.79 Å². The zero-order valence-corrected chi connectivity index (χ0v) is 16.4. The first-order valence-corrected chi connectivity index (χ1v) is 9.17. The highest BCUT2D eigenvalue weighted by Gasteiger charge is 2.31. The molecule has 3 rings (SSSR count). The van der Waals surface area contributed by atoms with E-state index in [1.165, 1.54) is 17.0 Å². The molecule has 0 aliphatic carbocycles. The number of nitrogens with zero attached hydrogens (tertiary/aromatic N) is 1. The van der Waals surface area contributed by atoms with E-state index in [0.717, 1.165) is 30.4 Å². The van der Waals surface area contributed by atoms with E-state index in [2.05, 4.69) is 9.47 Å². The van der Waals surface area contributed by atoms with Gasteiger partial charge in [-0.1, -0.05) is 54.6 Å². The third-order valence-corrected chi connectivity index (χ3v) is 4.39. The summed E-state index contributed by atoms with van der Waals surface area (Å²) in [5.41, 5.74) is 2.84. The Labute approximate surface area is 176 Å². The number of hydrogen-bond donors (Lipinski definition) is 0. The van der Waals surface area contributed by atoms with Crippen molar-refractivity contribution in [1.29, 1.82) is 0 Å². The van der Waals surface area contributed by atoms with Crippen molar-refractivity contribution in [3.8, 4) is 16.9 Å². The topological polar surface area (TPSA) is 55.8 Å². The molecule has 0 fully saturated rings. The van der Waals surface area contributed by atoms with Gasteiger partial charge >= 0.3 is 18.2 Å². The molecule has 160 valence electrons. The lowest BCUT2D eigenvalue weighted by atomic mass is 10.1. The maximum absolute atomic E-state index is 12.6. The number of anilines is 1. The van der Waals surface area contributed by atoms with Crippen LogP contribution < -0.4 is 9.64 Å². The van der Waals surface area contributed by atoms with E-state index in [0.29, 0.717) is 11.3 Å². The first-order valence-electron chi connectivity index (χ1n) is 9.17. The highest BCUT2D eigenvalue weighted by molar-refractivity contribution is 6.38. The average Bonchev–Trinajstić information content (AvgIpc) is 2.77. The molecule has 0 aromatic heterocycles. The molecule has 0 aliphatic rings. The third-order valence-electron chi connectivity index (χ3n) is 4.39. The molecule has 0 bridgehead atoms. The first kappa shape index (κ1) is 21.9. The molecule has 1 amide bonds. The maximum atomic E-state index is 12.6. The van der Waals surface area contributed by atoms with Crippen LogP contribution in [0, 0.1) is 0 Å². The van der Waals surface area contributed by atoms with E-state index in [4.69, 9.17) is 0 Å². The lowest BCUT2D eigenvalue weighted by Gasteiger charge is -2.22. The van der Waals surface area contributed by atoms with Gasteiger partial charge < -0.3 is 9.47 Å². The van der Waals surface area contributed by atoms with Gasteiger partial charge in [0.1, 0.15) is 5.75 Å². The second kappa shape index (κ2) is 9.34. The molecule has 3 aromatic rings. The van der Waals surface area contributed by atoms with Gasteiger partial charge in [0.2, 0.25) is 0 Å². The number of methoxy groups -OCH3 is 1. The normalized spacial score (nSPS) is 11.0. The molecule has 0 radical (unpaired) electrons. The molecule has 5 nitrogen and oxygen atoms in total. The minimum absolute atomic E-state index is 0.0507. The van der Waals surface area contributed by atoms with Gasteiger partial charge in [0.15, 0.2) is 0 Å². The predicted molar refractivity (Wildman–Crippen MR) is 108 cm³/mol. The molecule has 0 N–H and O–H groups in total. The molecule has 3 aromatic carbocycles. The Morgan fingerprint density at radius 1 is 0.839 bits per heavy atom. The Morgan fingerprint density at radius 3 is 1.97 bits per heavy atom. The Morgan fingerprint density at radius 2 is 1.42 bits per heavy atom. The number of rotatable bonds is 5. The number of carbonyl (C=O) groups excluding carboxylic acids is 2. The van der Waals surface area contributed by atoms with Crippen LogP contribution in [-0.4, -0.2) is 25.3 Å². The highest BCUT2D eigenvalue weighted by Crippen LogP contribution is 2.26. The molecular weight excluding hydrogens is 411 g/mol. The van der Waals surface area contributed by atoms with Crippen LogP contribution in [0.1, 0.15) is 5.56 Å². The van der Waals surface area contributed by atoms with Crippen LogP contribution in [-0.2, 0) is 20.9 Å². The SMILES string of the molecule is COC(=O)C(=O)N(Cc1ccc(OC(F)(F)F)cc1)c1ccc(-c2ccccc2)cc1. The van der Waals surface area contributed by atoms with Crippen LogP contribution in [0.25, 0.3) is 11.1 Å². The fourth-order valence-corrected chi connectivity index (χ4v) is 2.92. The molecule has 31 heavy (non-hydrogen) atoms. The van der Waals surface area contributed by atoms with Gasteiger partial charge in [-0.15, -0.1) is 13.2 Å². The fraction of sp³-hybridized carbons (Fsp3) is 0.130. The van der Waals surface area contributed by atoms with Gasteiger partial charge in [0, 0.05) is 5.69 Å². The van der Waals surface area contributed by atoms with Crippen LogP contribution >= 0.6 is 0 Å². The van der Waals surface area contributed by atoms with Gasteiger partial charge in [0.25, 0.3) is 0 Å². The standard InChI is InChI=1S/C23H18F3NO4/c1-30-22(29)21(28)27(15-16-7-13-20(14-8-16)31-23(24,25)26)19-11-9-18(10-12-19)17-5-3-2-4-6-17/h2-14H,15H2,1H3. The number of alkyl halides is 3. The van der Waals surface area contributed by atoms with Gasteiger partial charge in [-0.05, 0) is 41.0 Å². The van der Waals surface area contributed by atoms with Crippen LogP contribution in [0.4, 0.5) is 18.9 Å². The lowest BCUT2D eigenvalue weighted by molar-refractivity contribution is -0.274. The molecule has 0 saturated heterocycles. The Hall–Kier alpha value is -3.81. The summed E-state index contributed by atoms with van der Waals surface area (Å²) in [5.74, 6) is -2.33. The first-order chi connectivity index (χ1) is 14.8. The Bertz CT molecular complexity index is 1030. The van der Waals surface area contributed by atoms with Gasteiger partial charge in [0.05, 0.1) is 13.7 Å². The van der Waals surface area contributed by atoms with Crippen molar-refractivity contribution in [2.24, 2.45) is 0 Å². The summed E-state index contributed by atoms with van der Waals surface area (Å²) in [6.45, 7) is -0.0507. The van der Waals surface area contributed by atoms with Crippen LogP contribution in [0.2, 0.25) is 0 Å². The average molecular weight is 429 g/mol. The number of hydrogen-bond acceptors (Lipinski definition) is 4. The van der Waals surface area contributed by atoms with Gasteiger partial charge in [-0.3, -0.25) is 9.69 Å². The van der Waals surface area contributed by atoms with Crippen LogP contribution in [0.15, 0.2) is 78.9 Å². The molecule has 0 spiro atoms. The van der Waals surface area contributed by atoms with E-state index >= 15 is 0 Å². The molecule has 0 saturated carbocycles. The van der Waals surface area contributed by atoms with Crippen molar-refractivity contribution in [3.05, 3.63) is 84.4 Å². The summed E-state index contributed by atoms with van der Waals surface area (Å²) < 4.78 is 45.4. The minimum atomic E-state index is -4.80. The van der Waals surface area contributed by atoms with Gasteiger partial charge in [-0.2, -0.15) is 0 Å². The largest absolute Gasteiger partial charge is 0.573 e. The van der Waals surface area contributed by atoms with E-state index in [-0.39, 0.29) is 12.3 Å². The van der Waals surface area contributed by atoms with Crippen molar-refractivity contribution in [2.75, 3.05) is 12.0 Å². The number of benzene rings is 3. The molecule has 0 atom stereocenters. The summed E-state index contributed by atoms with van der Waals surface area (Å²) in [5, 5.41) is 0. The summed E-state index contributed by atoms with van der Waals surface area (Å²) in [7, 11) is 1.10. The Kier molecular flexibility index (Phi) is 6.59. The smallest absolute Gasteiger partial charge is 0.462 e. The van der Waals surface area contributed by atoms with E-state index in [1.807, 2.05) is 42.5 Å². The quantitative estimate of drug-likeness (QED) is 0.425. The van der Waals surface area contributed by atoms with E-state index < -0.39 is 18.2 Å². The summed E-state index contributed by atoms with van der Waals surface area (Å²) >= 11 is 0. The summed E-state index contributed by atoms with van der Waals surface area (Å²) in [4.78, 5) is 25.6. The highest BCUT2D eigenvalue weighted by atomic mass is 19.4. The van der Waals surface area contributed by atoms with E-state index in [1.54, 1.807) is 12.1 Å². The Balaban J connectivity index is 1.85. The van der Waals surface area contributed by atoms with Crippen molar-refractivity contribution < 1.29 is 32.2 Å². The lowest BCUT2D eigenvalue weighted by Crippen LogP contribution is -2.36. The number of carbonyl (C=O) groups is 2. The summed E-state index contributed by atoms with van der Waals surface area (Å²) in [6, 6.07) is 21.6. The predicted octanol–water partition coefficient (Wildman–Crippen LogP) is 4.96. The molecule has 0 heterocycles. The summed E-state index contributed by atoms with van der Waals surface area (Å²) in [6.07, 6.45) is -4.80. The minimum Gasteiger partial charge on any atom is -0.462 e. The maximum Gasteiger partial charge on any atom is 0.573 e. The number of halogens is 3. The number of amides is 1. The van der Waals surface area contributed by atoms with Crippen molar-refractivity contribution in [3.63, 3.8) is 0 Å². The monoisotopic (exact) mass is 429 g/mol. The number of ether oxygens (including phenoxy) is 2. The second-order valence-corrected chi connectivity index (χ2v) is 6.49. The fourth-order valence-electron chi connectivity index (χ4n) is 2.92. The van der Waals surface area contributed by atoms with Crippen LogP contribution in [0.5, 0.6) is 5.75 Å². The van der Waals surface area contributed by atoms with E-state index in [9.17, 15) is 22.8 Å².